The first-order chi connectivity index (χ1) is 8.94. The molecule has 1 heterocycles. The third kappa shape index (κ3) is 2.68. The van der Waals surface area contributed by atoms with E-state index in [4.69, 9.17) is 16.2 Å². The van der Waals surface area contributed by atoms with E-state index in [2.05, 4.69) is 9.98 Å². The summed E-state index contributed by atoms with van der Waals surface area (Å²) in [6.07, 6.45) is 0. The normalized spacial score (nSPS) is 17.9. The van der Waals surface area contributed by atoms with Gasteiger partial charge in [-0.15, -0.1) is 0 Å². The fourth-order valence-corrected chi connectivity index (χ4v) is 2.16. The first-order valence-corrected chi connectivity index (χ1v) is 6.01. The summed E-state index contributed by atoms with van der Waals surface area (Å²) in [6.45, 7) is 4.45. The van der Waals surface area contributed by atoms with Crippen molar-refractivity contribution in [1.82, 2.24) is 0 Å². The van der Waals surface area contributed by atoms with Gasteiger partial charge >= 0.3 is 0 Å². The molecule has 0 atom stereocenters. The number of hydrogen-bond acceptors (Lipinski definition) is 6. The van der Waals surface area contributed by atoms with Crippen molar-refractivity contribution >= 4 is 17.6 Å². The quantitative estimate of drug-likeness (QED) is 0.850. The molecule has 0 saturated heterocycles. The zero-order chi connectivity index (χ0) is 14.0. The molecule has 1 aromatic rings. The minimum Gasteiger partial charge on any atom is -0.380 e. The molecule has 19 heavy (non-hydrogen) atoms. The molecule has 0 aromatic heterocycles. The summed E-state index contributed by atoms with van der Waals surface area (Å²) in [4.78, 5) is 10.2. The number of aliphatic imine (C=N–C) groups is 2. The third-order valence-electron chi connectivity index (χ3n) is 2.90. The van der Waals surface area contributed by atoms with Crippen LogP contribution in [0.4, 0.5) is 5.69 Å². The lowest BCUT2D eigenvalue weighted by molar-refractivity contribution is 0.185. The highest BCUT2D eigenvalue weighted by atomic mass is 16.5. The van der Waals surface area contributed by atoms with E-state index in [1.807, 2.05) is 43.0 Å². The number of hydrogen-bond donors (Lipinski definition) is 2. The third-order valence-corrected chi connectivity index (χ3v) is 2.90. The predicted molar refractivity (Wildman–Crippen MR) is 77.0 cm³/mol. The van der Waals surface area contributed by atoms with E-state index >= 15 is 0 Å². The number of nitrogens with two attached hydrogens (primary N) is 2. The molecule has 0 radical (unpaired) electrons. The maximum absolute atomic E-state index is 5.96. The van der Waals surface area contributed by atoms with Crippen molar-refractivity contribution in [2.45, 2.75) is 26.1 Å². The summed E-state index contributed by atoms with van der Waals surface area (Å²) in [5.74, 6) is 0.548. The van der Waals surface area contributed by atoms with Crippen molar-refractivity contribution in [2.24, 2.45) is 21.5 Å². The number of methoxy groups -OCH3 is 1. The lowest BCUT2D eigenvalue weighted by atomic mass is 10.1. The Bertz CT molecular complexity index is 518. The molecule has 0 unspecified atom stereocenters. The molecule has 6 heteroatoms. The Morgan fingerprint density at radius 3 is 2.37 bits per heavy atom. The van der Waals surface area contributed by atoms with Crippen LogP contribution in [0, 0.1) is 0 Å². The van der Waals surface area contributed by atoms with Crippen LogP contribution in [0.25, 0.3) is 0 Å². The predicted octanol–water partition coefficient (Wildman–Crippen LogP) is 1.02. The van der Waals surface area contributed by atoms with Crippen LogP contribution >= 0.6 is 0 Å². The minimum absolute atomic E-state index is 0.203. The molecule has 4 N–H and O–H groups in total. The average Bonchev–Trinajstić information content (AvgIpc) is 2.29. The van der Waals surface area contributed by atoms with Crippen LogP contribution < -0.4 is 16.4 Å². The van der Waals surface area contributed by atoms with Gasteiger partial charge in [0.05, 0.1) is 6.61 Å². The van der Waals surface area contributed by atoms with Gasteiger partial charge in [0.2, 0.25) is 11.9 Å². The van der Waals surface area contributed by atoms with Crippen molar-refractivity contribution in [3.8, 4) is 0 Å². The van der Waals surface area contributed by atoms with Crippen molar-refractivity contribution in [3.63, 3.8) is 0 Å². The number of benzene rings is 1. The average molecular weight is 261 g/mol. The van der Waals surface area contributed by atoms with Crippen LogP contribution in [0.2, 0.25) is 0 Å². The highest BCUT2D eigenvalue weighted by Gasteiger charge is 2.32. The van der Waals surface area contributed by atoms with Crippen LogP contribution in [0.5, 0.6) is 0 Å². The molecule has 0 spiro atoms. The zero-order valence-corrected chi connectivity index (χ0v) is 11.4. The largest absolute Gasteiger partial charge is 0.380 e. The fourth-order valence-electron chi connectivity index (χ4n) is 2.16. The van der Waals surface area contributed by atoms with Crippen molar-refractivity contribution in [2.75, 3.05) is 12.0 Å². The molecule has 0 amide bonds. The van der Waals surface area contributed by atoms with Crippen LogP contribution in [0.3, 0.4) is 0 Å². The molecule has 6 nitrogen and oxygen atoms in total. The van der Waals surface area contributed by atoms with Gasteiger partial charge < -0.3 is 16.2 Å². The molecule has 0 aliphatic carbocycles. The van der Waals surface area contributed by atoms with Crippen LogP contribution in [0.1, 0.15) is 19.4 Å². The number of rotatable bonds is 3. The SMILES string of the molecule is COCc1ccc(N2C(N)=NC(N)=NC2(C)C)cc1. The second kappa shape index (κ2) is 4.89. The number of ether oxygens (including phenoxy) is 1. The molecule has 1 aliphatic heterocycles. The van der Waals surface area contributed by atoms with E-state index in [1.165, 1.54) is 0 Å². The molecule has 0 saturated carbocycles. The lowest BCUT2D eigenvalue weighted by Crippen LogP contribution is -2.54. The minimum atomic E-state index is -0.557. The van der Waals surface area contributed by atoms with Gasteiger partial charge in [-0.3, -0.25) is 4.90 Å². The van der Waals surface area contributed by atoms with Crippen LogP contribution in [-0.2, 0) is 11.3 Å². The fraction of sp³-hybridized carbons (Fsp3) is 0.385. The first kappa shape index (κ1) is 13.4. The summed E-state index contributed by atoms with van der Waals surface area (Å²) in [6, 6.07) is 7.92. The Kier molecular flexibility index (Phi) is 3.44. The maximum Gasteiger partial charge on any atom is 0.220 e. The Hall–Kier alpha value is -2.08. The van der Waals surface area contributed by atoms with Gasteiger partial charge in [-0.25, -0.2) is 4.99 Å². The topological polar surface area (TPSA) is 89.2 Å². The van der Waals surface area contributed by atoms with E-state index in [1.54, 1.807) is 7.11 Å². The van der Waals surface area contributed by atoms with E-state index in [0.29, 0.717) is 12.6 Å². The zero-order valence-electron chi connectivity index (χ0n) is 11.4. The van der Waals surface area contributed by atoms with Crippen molar-refractivity contribution in [3.05, 3.63) is 29.8 Å². The monoisotopic (exact) mass is 261 g/mol. The number of nitrogens with zero attached hydrogens (tertiary/aromatic N) is 3. The lowest BCUT2D eigenvalue weighted by Gasteiger charge is -2.38. The van der Waals surface area contributed by atoms with Gasteiger partial charge in [0, 0.05) is 12.8 Å². The van der Waals surface area contributed by atoms with Crippen molar-refractivity contribution < 1.29 is 4.74 Å². The van der Waals surface area contributed by atoms with Crippen LogP contribution in [0.15, 0.2) is 34.3 Å². The smallest absolute Gasteiger partial charge is 0.220 e. The van der Waals surface area contributed by atoms with Crippen molar-refractivity contribution in [1.29, 1.82) is 0 Å². The van der Waals surface area contributed by atoms with Gasteiger partial charge in [-0.1, -0.05) is 12.1 Å². The van der Waals surface area contributed by atoms with Crippen LogP contribution in [-0.4, -0.2) is 24.7 Å². The van der Waals surface area contributed by atoms with Gasteiger partial charge in [-0.2, -0.15) is 4.99 Å². The van der Waals surface area contributed by atoms with Gasteiger partial charge in [-0.05, 0) is 31.5 Å². The molecule has 2 rings (SSSR count). The summed E-state index contributed by atoms with van der Waals surface area (Å²) in [7, 11) is 1.67. The molecular weight excluding hydrogens is 242 g/mol. The summed E-state index contributed by atoms with van der Waals surface area (Å²) < 4.78 is 5.09. The highest BCUT2D eigenvalue weighted by Crippen LogP contribution is 2.27. The van der Waals surface area contributed by atoms with Gasteiger partial charge in [0.25, 0.3) is 0 Å². The number of anilines is 1. The van der Waals surface area contributed by atoms with E-state index < -0.39 is 5.66 Å². The Morgan fingerprint density at radius 2 is 1.84 bits per heavy atom. The Labute approximate surface area is 112 Å². The Morgan fingerprint density at radius 1 is 1.21 bits per heavy atom. The standard InChI is InChI=1S/C13H19N5O/c1-13(2)17-11(14)16-12(15)18(13)10-6-4-9(5-7-10)8-19-3/h4-7H,8H2,1-3H3,(H4,14,15,16,17). The summed E-state index contributed by atoms with van der Waals surface area (Å²) in [5, 5.41) is 0. The molecular formula is C13H19N5O. The second-order valence-electron chi connectivity index (χ2n) is 4.87. The first-order valence-electron chi connectivity index (χ1n) is 6.01. The molecule has 102 valence electrons. The van der Waals surface area contributed by atoms with Gasteiger partial charge in [0.15, 0.2) is 0 Å². The summed E-state index contributed by atoms with van der Waals surface area (Å²) >= 11 is 0. The van der Waals surface area contributed by atoms with E-state index in [0.717, 1.165) is 11.3 Å². The number of guanidine groups is 2. The summed E-state index contributed by atoms with van der Waals surface area (Å²) in [5.41, 5.74) is 13.1. The highest BCUT2D eigenvalue weighted by molar-refractivity contribution is 6.05. The molecule has 1 aliphatic rings. The van der Waals surface area contributed by atoms with E-state index in [9.17, 15) is 0 Å². The Balaban J connectivity index is 2.33. The molecule has 0 fully saturated rings. The molecule has 1 aromatic carbocycles. The second-order valence-corrected chi connectivity index (χ2v) is 4.87. The molecule has 0 bridgehead atoms. The maximum atomic E-state index is 5.96. The van der Waals surface area contributed by atoms with Gasteiger partial charge in [0.1, 0.15) is 5.66 Å². The van der Waals surface area contributed by atoms with E-state index in [-0.39, 0.29) is 5.96 Å².